The summed E-state index contributed by atoms with van der Waals surface area (Å²) >= 11 is 0. The van der Waals surface area contributed by atoms with Crippen molar-refractivity contribution in [2.24, 2.45) is 0 Å². The molecule has 0 bridgehead atoms. The summed E-state index contributed by atoms with van der Waals surface area (Å²) in [4.78, 5) is 10.1. The maximum absolute atomic E-state index is 5.12. The van der Waals surface area contributed by atoms with E-state index in [9.17, 15) is 0 Å². The van der Waals surface area contributed by atoms with E-state index in [1.54, 1.807) is 0 Å². The van der Waals surface area contributed by atoms with Crippen LogP contribution in [0.5, 0.6) is 0 Å². The molecule has 0 saturated carbocycles. The van der Waals surface area contributed by atoms with Crippen LogP contribution >= 0.6 is 0 Å². The number of nitrogens with zero attached hydrogens (tertiary/aromatic N) is 3. The third-order valence-corrected chi connectivity index (χ3v) is 5.08. The molecule has 0 spiro atoms. The van der Waals surface area contributed by atoms with Gasteiger partial charge in [0.25, 0.3) is 0 Å². The van der Waals surface area contributed by atoms with Crippen molar-refractivity contribution in [2.75, 3.05) is 0 Å². The second-order valence-electron chi connectivity index (χ2n) is 6.83. The van der Waals surface area contributed by atoms with Crippen LogP contribution in [0.4, 0.5) is 0 Å². The highest BCUT2D eigenvalue weighted by atomic mass is 15.1. The molecule has 3 aromatic carbocycles. The molecule has 0 unspecified atom stereocenters. The molecule has 0 aliphatic heterocycles. The van der Waals surface area contributed by atoms with Gasteiger partial charge in [-0.05, 0) is 37.6 Å². The summed E-state index contributed by atoms with van der Waals surface area (Å²) in [5, 5.41) is 1.13. The Morgan fingerprint density at radius 2 is 1.41 bits per heavy atom. The molecule has 0 atom stereocenters. The molecular formula is C24H19N3. The fourth-order valence-electron chi connectivity index (χ4n) is 3.76. The number of fused-ring (bicyclic) bond motifs is 3. The van der Waals surface area contributed by atoms with Crippen molar-refractivity contribution in [1.29, 1.82) is 0 Å². The molecule has 5 aromatic rings. The molecule has 27 heavy (non-hydrogen) atoms. The molecule has 0 saturated heterocycles. The van der Waals surface area contributed by atoms with E-state index in [-0.39, 0.29) is 0 Å². The Bertz CT molecular complexity index is 1280. The van der Waals surface area contributed by atoms with Crippen molar-refractivity contribution in [1.82, 2.24) is 14.5 Å². The number of aryl methyl sites for hydroxylation is 2. The molecule has 2 aromatic heterocycles. The summed E-state index contributed by atoms with van der Waals surface area (Å²) in [5.74, 6) is 0. The summed E-state index contributed by atoms with van der Waals surface area (Å²) in [6.07, 6.45) is 0. The lowest BCUT2D eigenvalue weighted by Crippen LogP contribution is -1.99. The van der Waals surface area contributed by atoms with Crippen LogP contribution in [0, 0.1) is 13.8 Å². The van der Waals surface area contributed by atoms with E-state index in [0.29, 0.717) is 0 Å². The molecule has 2 heterocycles. The largest absolute Gasteiger partial charge is 0.293 e. The standard InChI is InChI=1S/C24H19N3/c1-16-10-6-7-13-19(16)22-17(2)25-23-20-14-8-9-15-21(20)27(24(23)26-22)18-11-4-3-5-12-18/h3-15H,1-2H3. The summed E-state index contributed by atoms with van der Waals surface area (Å²) in [6, 6.07) is 27.1. The minimum atomic E-state index is 0.895. The average Bonchev–Trinajstić information content (AvgIpc) is 3.02. The lowest BCUT2D eigenvalue weighted by atomic mass is 10.0. The van der Waals surface area contributed by atoms with E-state index in [1.165, 1.54) is 5.56 Å². The van der Waals surface area contributed by atoms with Crippen molar-refractivity contribution in [3.05, 3.63) is 90.1 Å². The zero-order valence-electron chi connectivity index (χ0n) is 15.3. The molecule has 0 radical (unpaired) electrons. The van der Waals surface area contributed by atoms with Crippen molar-refractivity contribution in [3.8, 4) is 16.9 Å². The average molecular weight is 349 g/mol. The van der Waals surface area contributed by atoms with E-state index < -0.39 is 0 Å². The first-order valence-corrected chi connectivity index (χ1v) is 9.13. The van der Waals surface area contributed by atoms with Gasteiger partial charge in [0.1, 0.15) is 5.52 Å². The Kier molecular flexibility index (Phi) is 3.54. The van der Waals surface area contributed by atoms with E-state index in [4.69, 9.17) is 9.97 Å². The van der Waals surface area contributed by atoms with Gasteiger partial charge in [-0.15, -0.1) is 0 Å². The Morgan fingerprint density at radius 1 is 0.704 bits per heavy atom. The van der Waals surface area contributed by atoms with Crippen molar-refractivity contribution in [3.63, 3.8) is 0 Å². The van der Waals surface area contributed by atoms with Crippen LogP contribution < -0.4 is 0 Å². The van der Waals surface area contributed by atoms with E-state index >= 15 is 0 Å². The summed E-state index contributed by atoms with van der Waals surface area (Å²) in [5.41, 5.74) is 8.30. The molecule has 0 N–H and O–H groups in total. The zero-order chi connectivity index (χ0) is 18.4. The van der Waals surface area contributed by atoms with Crippen LogP contribution in [0.3, 0.4) is 0 Å². The first-order valence-electron chi connectivity index (χ1n) is 9.13. The Balaban J connectivity index is 1.92. The molecule has 3 heteroatoms. The maximum Gasteiger partial charge on any atom is 0.165 e. The second-order valence-corrected chi connectivity index (χ2v) is 6.83. The predicted molar refractivity (Wildman–Crippen MR) is 111 cm³/mol. The maximum atomic E-state index is 5.12. The zero-order valence-corrected chi connectivity index (χ0v) is 15.3. The van der Waals surface area contributed by atoms with Gasteiger partial charge in [-0.3, -0.25) is 4.57 Å². The fourth-order valence-corrected chi connectivity index (χ4v) is 3.76. The van der Waals surface area contributed by atoms with Crippen molar-refractivity contribution < 1.29 is 0 Å². The van der Waals surface area contributed by atoms with Gasteiger partial charge in [0.05, 0.1) is 16.9 Å². The van der Waals surface area contributed by atoms with Gasteiger partial charge in [0, 0.05) is 16.6 Å². The monoisotopic (exact) mass is 349 g/mol. The molecule has 0 aliphatic rings. The normalized spacial score (nSPS) is 11.3. The van der Waals surface area contributed by atoms with E-state index in [0.717, 1.165) is 44.7 Å². The van der Waals surface area contributed by atoms with E-state index in [1.807, 2.05) is 13.0 Å². The summed E-state index contributed by atoms with van der Waals surface area (Å²) < 4.78 is 2.21. The molecule has 5 rings (SSSR count). The second kappa shape index (κ2) is 6.06. The van der Waals surface area contributed by atoms with Crippen LogP contribution in [0.25, 0.3) is 39.0 Å². The SMILES string of the molecule is Cc1ccccc1-c1nc2c(nc1C)c1ccccc1n2-c1ccccc1. The van der Waals surface area contributed by atoms with Gasteiger partial charge in [0.2, 0.25) is 0 Å². The number of benzene rings is 3. The highest BCUT2D eigenvalue weighted by Gasteiger charge is 2.17. The van der Waals surface area contributed by atoms with Gasteiger partial charge in [-0.25, -0.2) is 9.97 Å². The third kappa shape index (κ3) is 2.43. The Labute approximate surface area is 157 Å². The Morgan fingerprint density at radius 3 is 2.22 bits per heavy atom. The smallest absolute Gasteiger partial charge is 0.165 e. The first kappa shape index (κ1) is 15.8. The van der Waals surface area contributed by atoms with Gasteiger partial charge in [0.15, 0.2) is 5.65 Å². The van der Waals surface area contributed by atoms with Gasteiger partial charge >= 0.3 is 0 Å². The highest BCUT2D eigenvalue weighted by molar-refractivity contribution is 6.06. The van der Waals surface area contributed by atoms with E-state index in [2.05, 4.69) is 84.3 Å². The molecule has 3 nitrogen and oxygen atoms in total. The molecule has 0 aliphatic carbocycles. The topological polar surface area (TPSA) is 30.7 Å². The number of aromatic nitrogens is 3. The predicted octanol–water partition coefficient (Wildman–Crippen LogP) is 5.86. The lowest BCUT2D eigenvalue weighted by molar-refractivity contribution is 1.10. The van der Waals surface area contributed by atoms with Crippen LogP contribution in [-0.2, 0) is 0 Å². The van der Waals surface area contributed by atoms with Crippen LogP contribution in [0.1, 0.15) is 11.3 Å². The van der Waals surface area contributed by atoms with Gasteiger partial charge in [-0.1, -0.05) is 60.7 Å². The van der Waals surface area contributed by atoms with Crippen LogP contribution in [-0.4, -0.2) is 14.5 Å². The summed E-state index contributed by atoms with van der Waals surface area (Å²) in [7, 11) is 0. The summed E-state index contributed by atoms with van der Waals surface area (Å²) in [6.45, 7) is 4.16. The molecular weight excluding hydrogens is 330 g/mol. The first-order chi connectivity index (χ1) is 13.2. The lowest BCUT2D eigenvalue weighted by Gasteiger charge is -2.10. The molecule has 130 valence electrons. The minimum Gasteiger partial charge on any atom is -0.293 e. The number of para-hydroxylation sites is 2. The minimum absolute atomic E-state index is 0.895. The van der Waals surface area contributed by atoms with Crippen molar-refractivity contribution >= 4 is 22.1 Å². The van der Waals surface area contributed by atoms with Crippen LogP contribution in [0.2, 0.25) is 0 Å². The number of hydrogen-bond donors (Lipinski definition) is 0. The fraction of sp³-hybridized carbons (Fsp3) is 0.0833. The van der Waals surface area contributed by atoms with Crippen LogP contribution in [0.15, 0.2) is 78.9 Å². The van der Waals surface area contributed by atoms with Gasteiger partial charge in [-0.2, -0.15) is 0 Å². The quantitative estimate of drug-likeness (QED) is 0.400. The highest BCUT2D eigenvalue weighted by Crippen LogP contribution is 2.33. The van der Waals surface area contributed by atoms with Crippen molar-refractivity contribution in [2.45, 2.75) is 13.8 Å². The molecule has 0 amide bonds. The molecule has 0 fully saturated rings. The third-order valence-electron chi connectivity index (χ3n) is 5.08. The number of hydrogen-bond acceptors (Lipinski definition) is 2. The van der Waals surface area contributed by atoms with Gasteiger partial charge < -0.3 is 0 Å². The number of rotatable bonds is 2. The Hall–Kier alpha value is -3.46.